The molecule has 2 aliphatic heterocycles. The van der Waals surface area contributed by atoms with Gasteiger partial charge in [0.05, 0.1) is 18.8 Å². The van der Waals surface area contributed by atoms with Crippen molar-refractivity contribution in [1.82, 2.24) is 0 Å². The van der Waals surface area contributed by atoms with Gasteiger partial charge in [0, 0.05) is 0 Å². The zero-order valence-corrected chi connectivity index (χ0v) is 16.7. The lowest BCUT2D eigenvalue weighted by molar-refractivity contribution is -0.383. The first-order valence-corrected chi connectivity index (χ1v) is 9.73. The zero-order chi connectivity index (χ0) is 23.6. The molecule has 180 valence electrons. The maximum atomic E-state index is 12.3. The van der Waals surface area contributed by atoms with E-state index in [0.29, 0.717) is 0 Å². The fourth-order valence-corrected chi connectivity index (χ4v) is 3.55. The number of benzene rings is 1. The van der Waals surface area contributed by atoms with Crippen LogP contribution in [-0.4, -0.2) is 121 Å². The first-order valence-electron chi connectivity index (χ1n) is 9.73. The van der Waals surface area contributed by atoms with Crippen molar-refractivity contribution in [3.8, 4) is 5.75 Å². The highest BCUT2D eigenvalue weighted by molar-refractivity contribution is 5.89. The van der Waals surface area contributed by atoms with Gasteiger partial charge in [-0.1, -0.05) is 0 Å². The van der Waals surface area contributed by atoms with Crippen LogP contribution in [0.2, 0.25) is 0 Å². The molecule has 0 bridgehead atoms. The second kappa shape index (κ2) is 9.93. The average molecular weight is 462 g/mol. The number of carbonyl (C=O) groups is 1. The fraction of sp³-hybridized carbons (Fsp3) is 0.632. The van der Waals surface area contributed by atoms with Gasteiger partial charge in [-0.2, -0.15) is 0 Å². The van der Waals surface area contributed by atoms with E-state index in [4.69, 9.17) is 18.9 Å². The maximum Gasteiger partial charge on any atom is 0.338 e. The second-order valence-corrected chi connectivity index (χ2v) is 7.49. The van der Waals surface area contributed by atoms with Crippen LogP contribution >= 0.6 is 0 Å². The first kappa shape index (κ1) is 24.7. The number of hydrogen-bond acceptors (Lipinski definition) is 13. The molecule has 0 amide bonds. The molecule has 0 aromatic heterocycles. The van der Waals surface area contributed by atoms with Gasteiger partial charge < -0.3 is 59.8 Å². The van der Waals surface area contributed by atoms with Gasteiger partial charge in [0.15, 0.2) is 12.4 Å². The standard InChI is InChI=1S/C19H26O13/c20-5-10-12(24)16(27)19(7-22,31-10)32-18-14(26)13(25)15(11(6-21)29-18)30-17(28)8-1-3-9(23)4-2-8/h1-4,10-16,18,20-27H,5-7H2/t10-,11-,12-,13-,14-,15-,16+,18-,19+/m1/s1. The van der Waals surface area contributed by atoms with Gasteiger partial charge in [-0.3, -0.25) is 0 Å². The largest absolute Gasteiger partial charge is 0.508 e. The van der Waals surface area contributed by atoms with E-state index in [1.54, 1.807) is 0 Å². The monoisotopic (exact) mass is 462 g/mol. The van der Waals surface area contributed by atoms with E-state index in [1.807, 2.05) is 0 Å². The van der Waals surface area contributed by atoms with Crippen LogP contribution in [0, 0.1) is 0 Å². The van der Waals surface area contributed by atoms with E-state index in [0.717, 1.165) is 0 Å². The number of ether oxygens (including phenoxy) is 4. The average Bonchev–Trinajstić information content (AvgIpc) is 3.04. The molecule has 2 saturated heterocycles. The van der Waals surface area contributed by atoms with Gasteiger partial charge >= 0.3 is 5.97 Å². The SMILES string of the molecule is O=C(O[C@H]1[C@H](O)[C@@H](O)[C@@H](O[C@]2(CO)O[C@H](CO)[C@@H](O)[C@@H]2O)O[C@@H]1CO)c1ccc(O)cc1. The quantitative estimate of drug-likeness (QED) is 0.183. The molecule has 0 radical (unpaired) electrons. The molecule has 1 aromatic carbocycles. The van der Waals surface area contributed by atoms with E-state index < -0.39 is 80.6 Å². The first-order chi connectivity index (χ1) is 15.2. The number of esters is 1. The highest BCUT2D eigenvalue weighted by Gasteiger charge is 2.58. The number of aliphatic hydroxyl groups excluding tert-OH is 7. The van der Waals surface area contributed by atoms with Gasteiger partial charge in [0.1, 0.15) is 49.0 Å². The molecule has 3 rings (SSSR count). The number of phenolic OH excluding ortho intramolecular Hbond substituents is 1. The van der Waals surface area contributed by atoms with E-state index >= 15 is 0 Å². The Kier molecular flexibility index (Phi) is 7.67. The predicted molar refractivity (Wildman–Crippen MR) is 99.9 cm³/mol. The molecular formula is C19H26O13. The molecule has 0 aliphatic carbocycles. The molecule has 0 saturated carbocycles. The molecule has 0 spiro atoms. The van der Waals surface area contributed by atoms with E-state index in [1.165, 1.54) is 24.3 Å². The lowest BCUT2D eigenvalue weighted by Crippen LogP contribution is -2.63. The third-order valence-electron chi connectivity index (χ3n) is 5.39. The number of hydrogen-bond donors (Lipinski definition) is 8. The Balaban J connectivity index is 1.74. The summed E-state index contributed by atoms with van der Waals surface area (Å²) in [4.78, 5) is 12.3. The van der Waals surface area contributed by atoms with Gasteiger partial charge in [-0.15, -0.1) is 0 Å². The van der Waals surface area contributed by atoms with Crippen LogP contribution in [0.3, 0.4) is 0 Å². The summed E-state index contributed by atoms with van der Waals surface area (Å²) < 4.78 is 21.1. The van der Waals surface area contributed by atoms with Gasteiger partial charge in [0.2, 0.25) is 5.79 Å². The zero-order valence-electron chi connectivity index (χ0n) is 16.7. The minimum absolute atomic E-state index is 0.0188. The molecule has 8 N–H and O–H groups in total. The lowest BCUT2D eigenvalue weighted by Gasteiger charge is -2.44. The molecule has 13 nitrogen and oxygen atoms in total. The summed E-state index contributed by atoms with van der Waals surface area (Å²) in [5.74, 6) is -3.33. The Morgan fingerprint density at radius 3 is 2.09 bits per heavy atom. The summed E-state index contributed by atoms with van der Waals surface area (Å²) in [5.41, 5.74) is 0.0188. The molecule has 1 aromatic rings. The highest BCUT2D eigenvalue weighted by Crippen LogP contribution is 2.36. The van der Waals surface area contributed by atoms with Crippen LogP contribution in [0.1, 0.15) is 10.4 Å². The van der Waals surface area contributed by atoms with Crippen LogP contribution in [0.25, 0.3) is 0 Å². The van der Waals surface area contributed by atoms with Crippen molar-refractivity contribution in [2.75, 3.05) is 19.8 Å². The van der Waals surface area contributed by atoms with Crippen LogP contribution in [-0.2, 0) is 18.9 Å². The minimum atomic E-state index is -2.31. The summed E-state index contributed by atoms with van der Waals surface area (Å²) in [5, 5.41) is 79.0. The van der Waals surface area contributed by atoms with Crippen molar-refractivity contribution in [1.29, 1.82) is 0 Å². The van der Waals surface area contributed by atoms with E-state index in [9.17, 15) is 45.6 Å². The van der Waals surface area contributed by atoms with Crippen LogP contribution < -0.4 is 0 Å². The molecule has 2 fully saturated rings. The molecule has 2 heterocycles. The Morgan fingerprint density at radius 1 is 0.938 bits per heavy atom. The summed E-state index contributed by atoms with van der Waals surface area (Å²) >= 11 is 0. The molecule has 13 heteroatoms. The number of aromatic hydroxyl groups is 1. The van der Waals surface area contributed by atoms with Crippen molar-refractivity contribution >= 4 is 5.97 Å². The van der Waals surface area contributed by atoms with Crippen molar-refractivity contribution in [3.63, 3.8) is 0 Å². The molecule has 9 atom stereocenters. The van der Waals surface area contributed by atoms with Crippen molar-refractivity contribution in [2.45, 2.75) is 54.8 Å². The second-order valence-electron chi connectivity index (χ2n) is 7.49. The van der Waals surface area contributed by atoms with E-state index in [2.05, 4.69) is 0 Å². The fourth-order valence-electron chi connectivity index (χ4n) is 3.55. The topological polar surface area (TPSA) is 216 Å². The third-order valence-corrected chi connectivity index (χ3v) is 5.39. The molecule has 32 heavy (non-hydrogen) atoms. The van der Waals surface area contributed by atoms with Crippen LogP contribution in [0.15, 0.2) is 24.3 Å². The molecule has 0 unspecified atom stereocenters. The third kappa shape index (κ3) is 4.58. The van der Waals surface area contributed by atoms with Crippen molar-refractivity contribution in [3.05, 3.63) is 29.8 Å². The van der Waals surface area contributed by atoms with Crippen LogP contribution in [0.5, 0.6) is 5.75 Å². The Morgan fingerprint density at radius 2 is 1.56 bits per heavy atom. The summed E-state index contributed by atoms with van der Waals surface area (Å²) in [6.07, 6.45) is -13.3. The molecule has 2 aliphatic rings. The highest BCUT2D eigenvalue weighted by atomic mass is 16.8. The maximum absolute atomic E-state index is 12.3. The molecular weight excluding hydrogens is 436 g/mol. The van der Waals surface area contributed by atoms with Gasteiger partial charge in [0.25, 0.3) is 0 Å². The Hall–Kier alpha value is -1.91. The number of rotatable bonds is 7. The number of carbonyl (C=O) groups excluding carboxylic acids is 1. The minimum Gasteiger partial charge on any atom is -0.508 e. The van der Waals surface area contributed by atoms with Crippen LogP contribution in [0.4, 0.5) is 0 Å². The van der Waals surface area contributed by atoms with Gasteiger partial charge in [-0.25, -0.2) is 4.79 Å². The predicted octanol–water partition coefficient (Wildman–Crippen LogP) is -3.83. The Bertz CT molecular complexity index is 771. The summed E-state index contributed by atoms with van der Waals surface area (Å²) in [6.45, 7) is -2.52. The Labute approximate surface area is 181 Å². The normalized spacial score (nSPS) is 39.7. The van der Waals surface area contributed by atoms with E-state index in [-0.39, 0.29) is 11.3 Å². The lowest BCUT2D eigenvalue weighted by atomic mass is 9.98. The number of aliphatic hydroxyl groups is 7. The smallest absolute Gasteiger partial charge is 0.338 e. The van der Waals surface area contributed by atoms with Crippen molar-refractivity contribution in [2.24, 2.45) is 0 Å². The summed E-state index contributed by atoms with van der Waals surface area (Å²) in [7, 11) is 0. The van der Waals surface area contributed by atoms with Crippen molar-refractivity contribution < 1.29 is 64.6 Å². The summed E-state index contributed by atoms with van der Waals surface area (Å²) in [6, 6.07) is 5.00. The number of phenols is 1. The van der Waals surface area contributed by atoms with Gasteiger partial charge in [-0.05, 0) is 24.3 Å².